The van der Waals surface area contributed by atoms with Crippen molar-refractivity contribution < 1.29 is 18.0 Å². The smallest absolute Gasteiger partial charge is 0.363 e. The molecule has 6 rings (SSSR count). The SMILES string of the molecule is CCc1c(N2CCNCC2)c(=O)n2nc(N3Cc4ccncc4C3)nc2n1CC(=O)Nc1ccc(C(F)(F)F)cc1Cl. The van der Waals surface area contributed by atoms with E-state index in [0.29, 0.717) is 63.0 Å². The van der Waals surface area contributed by atoms with Crippen LogP contribution in [0.25, 0.3) is 5.78 Å². The summed E-state index contributed by atoms with van der Waals surface area (Å²) in [6, 6.07) is 4.67. The highest BCUT2D eigenvalue weighted by Gasteiger charge is 2.31. The van der Waals surface area contributed by atoms with Crippen molar-refractivity contribution in [1.82, 2.24) is 29.5 Å². The maximum absolute atomic E-state index is 13.9. The van der Waals surface area contributed by atoms with E-state index in [4.69, 9.17) is 16.6 Å². The summed E-state index contributed by atoms with van der Waals surface area (Å²) in [4.78, 5) is 40.0. The summed E-state index contributed by atoms with van der Waals surface area (Å²) in [5, 5.41) is 10.2. The molecule has 2 aliphatic rings. The molecule has 0 bridgehead atoms. The minimum atomic E-state index is -4.57. The molecule has 0 spiro atoms. The lowest BCUT2D eigenvalue weighted by atomic mass is 10.2. The summed E-state index contributed by atoms with van der Waals surface area (Å²) in [7, 11) is 0. The number of benzene rings is 1. The van der Waals surface area contributed by atoms with Gasteiger partial charge in [-0.1, -0.05) is 18.5 Å². The van der Waals surface area contributed by atoms with Gasteiger partial charge in [0.15, 0.2) is 0 Å². The molecule has 2 N–H and O–H groups in total. The monoisotopic (exact) mass is 601 g/mol. The topological polar surface area (TPSA) is 113 Å². The van der Waals surface area contributed by atoms with Crippen LogP contribution in [0.3, 0.4) is 0 Å². The third-order valence-corrected chi connectivity index (χ3v) is 7.78. The predicted octanol–water partition coefficient (Wildman–Crippen LogP) is 3.09. The van der Waals surface area contributed by atoms with E-state index in [0.717, 1.165) is 29.3 Å². The fraction of sp³-hybridized carbons (Fsp3) is 0.370. The number of halogens is 4. The molecular weight excluding hydrogens is 575 g/mol. The summed E-state index contributed by atoms with van der Waals surface area (Å²) in [6.07, 6.45) is -0.637. The number of hydrogen-bond donors (Lipinski definition) is 2. The van der Waals surface area contributed by atoms with Crippen LogP contribution in [0.2, 0.25) is 5.02 Å². The van der Waals surface area contributed by atoms with Gasteiger partial charge in [0.1, 0.15) is 12.2 Å². The zero-order chi connectivity index (χ0) is 29.6. The van der Waals surface area contributed by atoms with Crippen LogP contribution in [0.5, 0.6) is 0 Å². The van der Waals surface area contributed by atoms with Crippen LogP contribution in [0, 0.1) is 0 Å². The molecule has 5 heterocycles. The summed E-state index contributed by atoms with van der Waals surface area (Å²) in [6.45, 7) is 5.25. The molecule has 15 heteroatoms. The molecule has 0 radical (unpaired) electrons. The first kappa shape index (κ1) is 28.0. The second-order valence-electron chi connectivity index (χ2n) is 10.1. The minimum absolute atomic E-state index is 0.0395. The molecule has 0 unspecified atom stereocenters. The number of rotatable bonds is 6. The van der Waals surface area contributed by atoms with Crippen molar-refractivity contribution in [2.24, 2.45) is 0 Å². The van der Waals surface area contributed by atoms with Crippen LogP contribution in [0.1, 0.15) is 29.3 Å². The van der Waals surface area contributed by atoms with E-state index in [-0.39, 0.29) is 28.6 Å². The summed E-state index contributed by atoms with van der Waals surface area (Å²) < 4.78 is 42.2. The van der Waals surface area contributed by atoms with Gasteiger partial charge in [0.2, 0.25) is 17.6 Å². The van der Waals surface area contributed by atoms with Crippen LogP contribution in [-0.2, 0) is 37.0 Å². The van der Waals surface area contributed by atoms with Crippen molar-refractivity contribution in [2.45, 2.75) is 39.2 Å². The Morgan fingerprint density at radius 1 is 1.12 bits per heavy atom. The van der Waals surface area contributed by atoms with Gasteiger partial charge >= 0.3 is 6.18 Å². The average molecular weight is 602 g/mol. The quantitative estimate of drug-likeness (QED) is 0.347. The molecule has 220 valence electrons. The third-order valence-electron chi connectivity index (χ3n) is 7.46. The first-order valence-corrected chi connectivity index (χ1v) is 13.8. The number of anilines is 3. The van der Waals surface area contributed by atoms with E-state index in [1.54, 1.807) is 17.0 Å². The number of alkyl halides is 3. The van der Waals surface area contributed by atoms with Gasteiger partial charge in [-0.25, -0.2) is 0 Å². The number of amides is 1. The first-order chi connectivity index (χ1) is 20.1. The number of piperazine rings is 1. The first-order valence-electron chi connectivity index (χ1n) is 13.5. The van der Waals surface area contributed by atoms with Crippen LogP contribution >= 0.6 is 11.6 Å². The molecule has 3 aromatic heterocycles. The van der Waals surface area contributed by atoms with E-state index >= 15 is 0 Å². The van der Waals surface area contributed by atoms with E-state index in [9.17, 15) is 22.8 Å². The van der Waals surface area contributed by atoms with E-state index < -0.39 is 17.6 Å². The van der Waals surface area contributed by atoms with E-state index in [1.165, 1.54) is 4.52 Å². The molecule has 1 aromatic carbocycles. The molecule has 1 amide bonds. The molecule has 4 aromatic rings. The number of fused-ring (bicyclic) bond motifs is 2. The maximum Gasteiger partial charge on any atom is 0.416 e. The van der Waals surface area contributed by atoms with Gasteiger partial charge in [-0.05, 0) is 41.8 Å². The lowest BCUT2D eigenvalue weighted by Gasteiger charge is -2.31. The summed E-state index contributed by atoms with van der Waals surface area (Å²) in [5.74, 6) is -0.0244. The van der Waals surface area contributed by atoms with Crippen LogP contribution < -0.4 is 26.0 Å². The number of pyridine rings is 1. The minimum Gasteiger partial charge on any atom is -0.363 e. The Hall–Kier alpha value is -4.17. The maximum atomic E-state index is 13.9. The highest BCUT2D eigenvalue weighted by molar-refractivity contribution is 6.33. The van der Waals surface area contributed by atoms with E-state index in [2.05, 4.69) is 20.7 Å². The van der Waals surface area contributed by atoms with Gasteiger partial charge < -0.3 is 25.0 Å². The second kappa shape index (κ2) is 10.9. The summed E-state index contributed by atoms with van der Waals surface area (Å²) >= 11 is 6.09. The zero-order valence-electron chi connectivity index (χ0n) is 22.6. The Morgan fingerprint density at radius 2 is 1.88 bits per heavy atom. The van der Waals surface area contributed by atoms with Gasteiger partial charge in [0, 0.05) is 51.7 Å². The van der Waals surface area contributed by atoms with Crippen LogP contribution in [0.15, 0.2) is 41.5 Å². The lowest BCUT2D eigenvalue weighted by Crippen LogP contribution is -2.47. The Labute approximate surface area is 242 Å². The number of aromatic nitrogens is 5. The Bertz CT molecular complexity index is 1710. The number of hydrogen-bond acceptors (Lipinski definition) is 8. The Balaban J connectivity index is 1.40. The molecular formula is C27H27ClF3N9O2. The van der Waals surface area contributed by atoms with Crippen molar-refractivity contribution in [1.29, 1.82) is 0 Å². The lowest BCUT2D eigenvalue weighted by molar-refractivity contribution is -0.137. The molecule has 0 aliphatic carbocycles. The standard InChI is InChI=1S/C27H27ClF3N9O2/c1-2-21-23(37-9-7-32-8-10-37)24(42)40-26(35-25(36-40)38-13-16-5-6-33-12-17(16)14-38)39(21)15-22(41)34-20-4-3-18(11-19(20)28)27(29,30)31/h3-6,11-12,32H,2,7-10,13-15H2,1H3,(H,34,41). The number of nitrogens with one attached hydrogen (secondary N) is 2. The number of carbonyl (C=O) groups excluding carboxylic acids is 1. The largest absolute Gasteiger partial charge is 0.416 e. The van der Waals surface area contributed by atoms with Gasteiger partial charge in [-0.3, -0.25) is 14.6 Å². The van der Waals surface area contributed by atoms with Crippen LogP contribution in [0.4, 0.5) is 30.5 Å². The van der Waals surface area contributed by atoms with Crippen LogP contribution in [-0.4, -0.2) is 56.2 Å². The van der Waals surface area contributed by atoms with E-state index in [1.807, 2.05) is 22.8 Å². The average Bonchev–Trinajstić information content (AvgIpc) is 3.60. The zero-order valence-corrected chi connectivity index (χ0v) is 23.3. The molecule has 0 saturated carbocycles. The number of nitrogens with zero attached hydrogens (tertiary/aromatic N) is 7. The van der Waals surface area contributed by atoms with Gasteiger partial charge in [0.05, 0.1) is 22.0 Å². The van der Waals surface area contributed by atoms with Crippen molar-refractivity contribution >= 4 is 40.6 Å². The molecule has 11 nitrogen and oxygen atoms in total. The second-order valence-corrected chi connectivity index (χ2v) is 10.5. The molecule has 1 saturated heterocycles. The fourth-order valence-electron chi connectivity index (χ4n) is 5.43. The predicted molar refractivity (Wildman–Crippen MR) is 151 cm³/mol. The van der Waals surface area contributed by atoms with Crippen molar-refractivity contribution in [3.8, 4) is 0 Å². The highest BCUT2D eigenvalue weighted by atomic mass is 35.5. The Morgan fingerprint density at radius 3 is 2.57 bits per heavy atom. The third kappa shape index (κ3) is 5.15. The number of carbonyl (C=O) groups is 1. The van der Waals surface area contributed by atoms with Crippen molar-refractivity contribution in [2.75, 3.05) is 41.3 Å². The summed E-state index contributed by atoms with van der Waals surface area (Å²) in [5.41, 5.74) is 1.96. The van der Waals surface area contributed by atoms with Gasteiger partial charge in [0.25, 0.3) is 5.56 Å². The molecule has 1 fully saturated rings. The fourth-order valence-corrected chi connectivity index (χ4v) is 5.66. The Kier molecular flexibility index (Phi) is 7.27. The highest BCUT2D eigenvalue weighted by Crippen LogP contribution is 2.34. The normalized spacial score (nSPS) is 15.4. The van der Waals surface area contributed by atoms with Crippen molar-refractivity contribution in [3.63, 3.8) is 0 Å². The molecule has 2 aliphatic heterocycles. The molecule has 42 heavy (non-hydrogen) atoms. The van der Waals surface area contributed by atoms with Gasteiger partial charge in [-0.15, -0.1) is 5.10 Å². The van der Waals surface area contributed by atoms with Crippen molar-refractivity contribution in [3.05, 3.63) is 74.4 Å². The van der Waals surface area contributed by atoms with Gasteiger partial charge in [-0.2, -0.15) is 22.7 Å². The molecule has 0 atom stereocenters.